The smallest absolute Gasteiger partial charge is 0.0575 e. The molecule has 0 aromatic rings. The van der Waals surface area contributed by atoms with E-state index in [0.29, 0.717) is 6.10 Å². The van der Waals surface area contributed by atoms with Gasteiger partial charge in [-0.3, -0.25) is 0 Å². The first-order valence-electron chi connectivity index (χ1n) is 12.5. The van der Waals surface area contributed by atoms with Gasteiger partial charge in [0.25, 0.3) is 0 Å². The molecule has 0 amide bonds. The Kier molecular flexibility index (Phi) is 23.0. The topological polar surface area (TPSA) is 9.23 Å². The van der Waals surface area contributed by atoms with Crippen LogP contribution in [0.25, 0.3) is 0 Å². The summed E-state index contributed by atoms with van der Waals surface area (Å²) in [7, 11) is 0. The van der Waals surface area contributed by atoms with E-state index in [4.69, 9.17) is 4.74 Å². The Bertz CT molecular complexity index is 238. The first kappa shape index (κ1) is 26.0. The second-order valence-electron chi connectivity index (χ2n) is 8.31. The summed E-state index contributed by atoms with van der Waals surface area (Å²) < 4.78 is 5.98. The van der Waals surface area contributed by atoms with Crippen LogP contribution >= 0.6 is 0 Å². The fourth-order valence-electron chi connectivity index (χ4n) is 3.91. The van der Waals surface area contributed by atoms with Crippen LogP contribution in [-0.2, 0) is 4.74 Å². The van der Waals surface area contributed by atoms with Crippen molar-refractivity contribution in [1.29, 1.82) is 0 Å². The molecule has 0 bridgehead atoms. The summed E-state index contributed by atoms with van der Waals surface area (Å²) in [5, 5.41) is 0. The van der Waals surface area contributed by atoms with Gasteiger partial charge < -0.3 is 4.74 Å². The van der Waals surface area contributed by atoms with E-state index in [1.165, 1.54) is 128 Å². The predicted octanol–water partition coefficient (Wildman–Crippen LogP) is 9.23. The molecule has 26 heavy (non-hydrogen) atoms. The summed E-state index contributed by atoms with van der Waals surface area (Å²) in [6.45, 7) is 7.63. The van der Waals surface area contributed by atoms with Gasteiger partial charge in [0.2, 0.25) is 0 Å². The Balaban J connectivity index is 3.39. The van der Waals surface area contributed by atoms with Gasteiger partial charge in [-0.15, -0.1) is 0 Å². The zero-order chi connectivity index (χ0) is 19.1. The van der Waals surface area contributed by atoms with E-state index >= 15 is 0 Å². The van der Waals surface area contributed by atoms with Crippen molar-refractivity contribution in [3.8, 4) is 0 Å². The van der Waals surface area contributed by atoms with E-state index in [2.05, 4.69) is 20.8 Å². The van der Waals surface area contributed by atoms with Crippen LogP contribution in [0.2, 0.25) is 0 Å². The molecule has 1 unspecified atom stereocenters. The van der Waals surface area contributed by atoms with Crippen LogP contribution in [0.5, 0.6) is 0 Å². The number of hydrogen-bond acceptors (Lipinski definition) is 1. The van der Waals surface area contributed by atoms with Crippen molar-refractivity contribution in [2.75, 3.05) is 6.61 Å². The summed E-state index contributed by atoms with van der Waals surface area (Å²) in [6, 6.07) is 0. The zero-order valence-electron chi connectivity index (χ0n) is 18.8. The average Bonchev–Trinajstić information content (AvgIpc) is 2.65. The second-order valence-corrected chi connectivity index (χ2v) is 8.31. The lowest BCUT2D eigenvalue weighted by atomic mass is 10.0. The lowest BCUT2D eigenvalue weighted by molar-refractivity contribution is 0.0470. The summed E-state index contributed by atoms with van der Waals surface area (Å²) in [6.07, 6.45) is 28.7. The molecule has 0 rings (SSSR count). The molecular weight excluding hydrogens is 316 g/mol. The van der Waals surface area contributed by atoms with Crippen molar-refractivity contribution in [3.05, 3.63) is 0 Å². The Morgan fingerprint density at radius 2 is 0.731 bits per heavy atom. The van der Waals surface area contributed by atoms with Crippen molar-refractivity contribution in [2.24, 2.45) is 0 Å². The maximum absolute atomic E-state index is 5.98. The highest BCUT2D eigenvalue weighted by atomic mass is 16.5. The molecule has 0 N–H and O–H groups in total. The standard InChI is InChI=1S/C25H52O/c1-4-7-9-11-13-14-15-16-18-20-22-24-25(26-6-3)23-21-19-17-12-10-8-5-2/h25H,4-24H2,1-3H3. The fourth-order valence-corrected chi connectivity index (χ4v) is 3.91. The second kappa shape index (κ2) is 23.0. The Hall–Kier alpha value is -0.0400. The molecule has 0 heterocycles. The maximum atomic E-state index is 5.98. The molecule has 0 aliphatic rings. The summed E-state index contributed by atoms with van der Waals surface area (Å²) >= 11 is 0. The Morgan fingerprint density at radius 1 is 0.423 bits per heavy atom. The van der Waals surface area contributed by atoms with Gasteiger partial charge in [-0.05, 0) is 19.8 Å². The molecule has 0 saturated heterocycles. The normalized spacial score (nSPS) is 12.6. The first-order chi connectivity index (χ1) is 12.8. The summed E-state index contributed by atoms with van der Waals surface area (Å²) in [5.41, 5.74) is 0. The molecule has 1 heteroatoms. The first-order valence-corrected chi connectivity index (χ1v) is 12.5. The van der Waals surface area contributed by atoms with E-state index in [9.17, 15) is 0 Å². The number of ether oxygens (including phenoxy) is 1. The van der Waals surface area contributed by atoms with Crippen LogP contribution in [0.3, 0.4) is 0 Å². The third kappa shape index (κ3) is 20.3. The van der Waals surface area contributed by atoms with Crippen molar-refractivity contribution in [3.63, 3.8) is 0 Å². The molecule has 158 valence electrons. The molecule has 0 aromatic heterocycles. The fraction of sp³-hybridized carbons (Fsp3) is 1.00. The van der Waals surface area contributed by atoms with E-state index in [1.807, 2.05) is 0 Å². The SMILES string of the molecule is CCCCCCCCCCCCCC(CCCCCCCCC)OCC. The largest absolute Gasteiger partial charge is 0.379 e. The lowest BCUT2D eigenvalue weighted by Crippen LogP contribution is -2.12. The molecule has 0 fully saturated rings. The van der Waals surface area contributed by atoms with Gasteiger partial charge in [-0.2, -0.15) is 0 Å². The Labute approximate surface area is 167 Å². The van der Waals surface area contributed by atoms with Gasteiger partial charge in [-0.1, -0.05) is 129 Å². The highest BCUT2D eigenvalue weighted by Crippen LogP contribution is 2.17. The minimum Gasteiger partial charge on any atom is -0.379 e. The molecule has 0 aliphatic carbocycles. The molecule has 0 spiro atoms. The quantitative estimate of drug-likeness (QED) is 0.173. The van der Waals surface area contributed by atoms with Crippen molar-refractivity contribution >= 4 is 0 Å². The van der Waals surface area contributed by atoms with Crippen LogP contribution in [0.1, 0.15) is 149 Å². The molecular formula is C25H52O. The lowest BCUT2D eigenvalue weighted by Gasteiger charge is -2.17. The number of rotatable bonds is 22. The maximum Gasteiger partial charge on any atom is 0.0575 e. The van der Waals surface area contributed by atoms with Gasteiger partial charge in [0, 0.05) is 6.61 Å². The highest BCUT2D eigenvalue weighted by molar-refractivity contribution is 4.60. The van der Waals surface area contributed by atoms with Crippen LogP contribution in [0.4, 0.5) is 0 Å². The highest BCUT2D eigenvalue weighted by Gasteiger charge is 2.07. The molecule has 1 nitrogen and oxygen atoms in total. The van der Waals surface area contributed by atoms with Crippen molar-refractivity contribution in [2.45, 2.75) is 155 Å². The number of unbranched alkanes of at least 4 members (excludes halogenated alkanes) is 16. The summed E-state index contributed by atoms with van der Waals surface area (Å²) in [5.74, 6) is 0. The molecule has 0 saturated carbocycles. The van der Waals surface area contributed by atoms with E-state index < -0.39 is 0 Å². The van der Waals surface area contributed by atoms with E-state index in [1.54, 1.807) is 0 Å². The third-order valence-electron chi connectivity index (χ3n) is 5.66. The molecule has 0 aliphatic heterocycles. The van der Waals surface area contributed by atoms with Gasteiger partial charge in [-0.25, -0.2) is 0 Å². The van der Waals surface area contributed by atoms with Crippen LogP contribution in [0.15, 0.2) is 0 Å². The molecule has 0 radical (unpaired) electrons. The van der Waals surface area contributed by atoms with Gasteiger partial charge in [0.15, 0.2) is 0 Å². The average molecular weight is 369 g/mol. The molecule has 0 aromatic carbocycles. The van der Waals surface area contributed by atoms with Crippen molar-refractivity contribution in [1.82, 2.24) is 0 Å². The van der Waals surface area contributed by atoms with Gasteiger partial charge in [0.05, 0.1) is 6.10 Å². The minimum absolute atomic E-state index is 0.536. The van der Waals surface area contributed by atoms with Crippen LogP contribution in [0, 0.1) is 0 Å². The van der Waals surface area contributed by atoms with E-state index in [0.717, 1.165) is 6.61 Å². The monoisotopic (exact) mass is 368 g/mol. The van der Waals surface area contributed by atoms with E-state index in [-0.39, 0.29) is 0 Å². The molecule has 1 atom stereocenters. The van der Waals surface area contributed by atoms with Crippen LogP contribution < -0.4 is 0 Å². The minimum atomic E-state index is 0.536. The van der Waals surface area contributed by atoms with Gasteiger partial charge in [0.1, 0.15) is 0 Å². The van der Waals surface area contributed by atoms with Crippen molar-refractivity contribution < 1.29 is 4.74 Å². The summed E-state index contributed by atoms with van der Waals surface area (Å²) in [4.78, 5) is 0. The third-order valence-corrected chi connectivity index (χ3v) is 5.66. The van der Waals surface area contributed by atoms with Crippen LogP contribution in [-0.4, -0.2) is 12.7 Å². The Morgan fingerprint density at radius 3 is 1.04 bits per heavy atom. The number of hydrogen-bond donors (Lipinski definition) is 0. The zero-order valence-corrected chi connectivity index (χ0v) is 18.8. The van der Waals surface area contributed by atoms with Gasteiger partial charge >= 0.3 is 0 Å². The predicted molar refractivity (Wildman–Crippen MR) is 119 cm³/mol.